The van der Waals surface area contributed by atoms with Gasteiger partial charge in [0.2, 0.25) is 0 Å². The topological polar surface area (TPSA) is 52.7 Å². The van der Waals surface area contributed by atoms with Gasteiger partial charge in [-0.1, -0.05) is 31.2 Å². The van der Waals surface area contributed by atoms with E-state index in [2.05, 4.69) is 29.3 Å². The molecule has 1 N–H and O–H groups in total. The number of carbonyl (C=O) groups excluding carboxylic acids is 2. The fraction of sp³-hybridized carbons (Fsp3) is 0.364. The summed E-state index contributed by atoms with van der Waals surface area (Å²) in [4.78, 5) is 29.4. The summed E-state index contributed by atoms with van der Waals surface area (Å²) < 4.78 is 0. The first-order valence-corrected chi connectivity index (χ1v) is 9.62. The Hall–Kier alpha value is -2.82. The number of fused-ring (bicyclic) bond motifs is 2. The normalized spacial score (nSPS) is 18.3. The Labute approximate surface area is 160 Å². The van der Waals surface area contributed by atoms with E-state index in [-0.39, 0.29) is 18.0 Å². The molecular weight excluding hydrogens is 338 g/mol. The van der Waals surface area contributed by atoms with Gasteiger partial charge >= 0.3 is 0 Å². The molecule has 2 aromatic carbocycles. The molecule has 0 bridgehead atoms. The van der Waals surface area contributed by atoms with Crippen molar-refractivity contribution in [2.24, 2.45) is 0 Å². The molecule has 1 saturated heterocycles. The number of hydrogen-bond donors (Lipinski definition) is 1. The van der Waals surface area contributed by atoms with Gasteiger partial charge in [0.25, 0.3) is 11.8 Å². The van der Waals surface area contributed by atoms with Crippen LogP contribution in [-0.4, -0.2) is 36.5 Å². The SMILES string of the molecule is CCc1ccc(CNC(=O)c2ccc3c(c2)N(C)C2CCCN2C3=O)cc1. The first-order chi connectivity index (χ1) is 13.1. The summed E-state index contributed by atoms with van der Waals surface area (Å²) in [5.74, 6) is -0.0411. The zero-order valence-corrected chi connectivity index (χ0v) is 15.9. The molecule has 0 radical (unpaired) electrons. The highest BCUT2D eigenvalue weighted by Crippen LogP contribution is 2.35. The first kappa shape index (κ1) is 17.6. The number of carbonyl (C=O) groups is 2. The second-order valence-electron chi connectivity index (χ2n) is 7.32. The van der Waals surface area contributed by atoms with Crippen molar-refractivity contribution < 1.29 is 9.59 Å². The molecule has 0 spiro atoms. The lowest BCUT2D eigenvalue weighted by molar-refractivity contribution is 0.0719. The van der Waals surface area contributed by atoms with E-state index in [1.807, 2.05) is 30.1 Å². The standard InChI is InChI=1S/C22H25N3O2/c1-3-15-6-8-16(9-7-15)14-23-21(26)17-10-11-18-19(13-17)24(2)20-5-4-12-25(20)22(18)27/h6-11,13,20H,3-5,12,14H2,1-2H3,(H,23,26). The van der Waals surface area contributed by atoms with Crippen LogP contribution in [0.15, 0.2) is 42.5 Å². The molecule has 5 nitrogen and oxygen atoms in total. The monoisotopic (exact) mass is 363 g/mol. The maximum absolute atomic E-state index is 12.7. The van der Waals surface area contributed by atoms with Gasteiger partial charge in [0.05, 0.1) is 11.3 Å². The fourth-order valence-electron chi connectivity index (χ4n) is 4.03. The van der Waals surface area contributed by atoms with E-state index in [4.69, 9.17) is 0 Å². The lowest BCUT2D eigenvalue weighted by atomic mass is 10.0. The summed E-state index contributed by atoms with van der Waals surface area (Å²) in [7, 11) is 2.01. The van der Waals surface area contributed by atoms with Crippen molar-refractivity contribution in [3.63, 3.8) is 0 Å². The maximum Gasteiger partial charge on any atom is 0.257 e. The largest absolute Gasteiger partial charge is 0.354 e. The third-order valence-corrected chi connectivity index (χ3v) is 5.68. The highest BCUT2D eigenvalue weighted by atomic mass is 16.2. The quantitative estimate of drug-likeness (QED) is 0.908. The van der Waals surface area contributed by atoms with Crippen LogP contribution in [0.5, 0.6) is 0 Å². The van der Waals surface area contributed by atoms with Gasteiger partial charge < -0.3 is 15.1 Å². The molecule has 140 valence electrons. The minimum absolute atomic E-state index is 0.0774. The Bertz CT molecular complexity index is 876. The zero-order chi connectivity index (χ0) is 19.0. The van der Waals surface area contributed by atoms with E-state index in [1.54, 1.807) is 12.1 Å². The van der Waals surface area contributed by atoms with Crippen molar-refractivity contribution >= 4 is 17.5 Å². The maximum atomic E-state index is 12.7. The van der Waals surface area contributed by atoms with Gasteiger partial charge in [0, 0.05) is 25.7 Å². The average Bonchev–Trinajstić information content (AvgIpc) is 3.20. The van der Waals surface area contributed by atoms with Crippen LogP contribution in [0, 0.1) is 0 Å². The van der Waals surface area contributed by atoms with Gasteiger partial charge in [-0.15, -0.1) is 0 Å². The number of benzene rings is 2. The number of aryl methyl sites for hydroxylation is 1. The van der Waals surface area contributed by atoms with Crippen LogP contribution in [-0.2, 0) is 13.0 Å². The average molecular weight is 363 g/mol. The molecule has 2 heterocycles. The molecule has 5 heteroatoms. The molecule has 2 aromatic rings. The Balaban J connectivity index is 1.50. The van der Waals surface area contributed by atoms with Crippen molar-refractivity contribution in [1.29, 1.82) is 0 Å². The van der Waals surface area contributed by atoms with Gasteiger partial charge in [-0.25, -0.2) is 0 Å². The number of anilines is 1. The summed E-state index contributed by atoms with van der Waals surface area (Å²) in [5, 5.41) is 2.98. The van der Waals surface area contributed by atoms with Crippen molar-refractivity contribution in [2.75, 3.05) is 18.5 Å². The van der Waals surface area contributed by atoms with Crippen LogP contribution in [0.25, 0.3) is 0 Å². The van der Waals surface area contributed by atoms with Crippen LogP contribution >= 0.6 is 0 Å². The molecule has 2 aliphatic heterocycles. The molecule has 4 rings (SSSR count). The van der Waals surface area contributed by atoms with Gasteiger partial charge in [0.1, 0.15) is 6.17 Å². The molecule has 27 heavy (non-hydrogen) atoms. The number of rotatable bonds is 4. The number of nitrogens with zero attached hydrogens (tertiary/aromatic N) is 2. The van der Waals surface area contributed by atoms with Crippen LogP contribution in [0.3, 0.4) is 0 Å². The number of nitrogens with one attached hydrogen (secondary N) is 1. The van der Waals surface area contributed by atoms with Gasteiger partial charge in [-0.05, 0) is 48.6 Å². The summed E-state index contributed by atoms with van der Waals surface area (Å²) in [6.07, 6.45) is 3.12. The molecule has 2 amide bonds. The fourth-order valence-corrected chi connectivity index (χ4v) is 4.03. The Morgan fingerprint density at radius 3 is 2.63 bits per heavy atom. The smallest absolute Gasteiger partial charge is 0.257 e. The Morgan fingerprint density at radius 1 is 1.15 bits per heavy atom. The van der Waals surface area contributed by atoms with Gasteiger partial charge in [-0.2, -0.15) is 0 Å². The van der Waals surface area contributed by atoms with Crippen LogP contribution in [0.4, 0.5) is 5.69 Å². The minimum atomic E-state index is -0.118. The first-order valence-electron chi connectivity index (χ1n) is 9.62. The van der Waals surface area contributed by atoms with E-state index in [0.29, 0.717) is 17.7 Å². The highest BCUT2D eigenvalue weighted by molar-refractivity contribution is 6.04. The minimum Gasteiger partial charge on any atom is -0.354 e. The number of amides is 2. The molecule has 1 unspecified atom stereocenters. The van der Waals surface area contributed by atoms with Crippen LogP contribution < -0.4 is 10.2 Å². The second-order valence-corrected chi connectivity index (χ2v) is 7.32. The summed E-state index contributed by atoms with van der Waals surface area (Å²) in [6, 6.07) is 13.7. The van der Waals surface area contributed by atoms with Crippen molar-refractivity contribution in [3.05, 3.63) is 64.7 Å². The predicted octanol–water partition coefficient (Wildman–Crippen LogP) is 3.19. The van der Waals surface area contributed by atoms with E-state index < -0.39 is 0 Å². The Morgan fingerprint density at radius 2 is 1.89 bits per heavy atom. The van der Waals surface area contributed by atoms with Crippen molar-refractivity contribution in [1.82, 2.24) is 10.2 Å². The molecule has 0 aromatic heterocycles. The lowest BCUT2D eigenvalue weighted by Crippen LogP contribution is -2.50. The van der Waals surface area contributed by atoms with Crippen LogP contribution in [0.1, 0.15) is 51.6 Å². The molecule has 1 fully saturated rings. The van der Waals surface area contributed by atoms with Crippen molar-refractivity contribution in [2.45, 2.75) is 38.9 Å². The lowest BCUT2D eigenvalue weighted by Gasteiger charge is -2.40. The van der Waals surface area contributed by atoms with Gasteiger partial charge in [-0.3, -0.25) is 9.59 Å². The van der Waals surface area contributed by atoms with E-state index in [0.717, 1.165) is 37.1 Å². The molecule has 0 saturated carbocycles. The summed E-state index contributed by atoms with van der Waals surface area (Å²) in [5.41, 5.74) is 4.48. The van der Waals surface area contributed by atoms with Crippen molar-refractivity contribution in [3.8, 4) is 0 Å². The molecule has 0 aliphatic carbocycles. The highest BCUT2D eigenvalue weighted by Gasteiger charge is 2.38. The molecular formula is C22H25N3O2. The molecule has 1 atom stereocenters. The summed E-state index contributed by atoms with van der Waals surface area (Å²) >= 11 is 0. The van der Waals surface area contributed by atoms with E-state index >= 15 is 0 Å². The van der Waals surface area contributed by atoms with E-state index in [9.17, 15) is 9.59 Å². The van der Waals surface area contributed by atoms with Gasteiger partial charge in [0.15, 0.2) is 0 Å². The van der Waals surface area contributed by atoms with Crippen LogP contribution in [0.2, 0.25) is 0 Å². The number of hydrogen-bond acceptors (Lipinski definition) is 3. The van der Waals surface area contributed by atoms with E-state index in [1.165, 1.54) is 5.56 Å². The third kappa shape index (κ3) is 3.18. The zero-order valence-electron chi connectivity index (χ0n) is 15.9. The third-order valence-electron chi connectivity index (χ3n) is 5.68. The predicted molar refractivity (Wildman–Crippen MR) is 106 cm³/mol. The summed E-state index contributed by atoms with van der Waals surface area (Å²) in [6.45, 7) is 3.43. The Kier molecular flexibility index (Phi) is 4.60. The molecule has 2 aliphatic rings. The second kappa shape index (κ2) is 7.06.